The summed E-state index contributed by atoms with van der Waals surface area (Å²) in [6, 6.07) is 7.98. The number of nitrogens with zero attached hydrogens (tertiary/aromatic N) is 4. The molecule has 1 saturated carbocycles. The third kappa shape index (κ3) is 4.84. The van der Waals surface area contributed by atoms with Gasteiger partial charge in [-0.15, -0.1) is 0 Å². The van der Waals surface area contributed by atoms with E-state index in [0.717, 1.165) is 50.3 Å². The maximum absolute atomic E-state index is 11.9. The molecular weight excluding hydrogens is 346 g/mol. The zero-order valence-electron chi connectivity index (χ0n) is 15.6. The third-order valence-corrected chi connectivity index (χ3v) is 4.94. The van der Waals surface area contributed by atoms with Gasteiger partial charge in [0.15, 0.2) is 5.82 Å². The molecule has 1 aliphatic heterocycles. The van der Waals surface area contributed by atoms with Gasteiger partial charge in [-0.1, -0.05) is 5.16 Å². The summed E-state index contributed by atoms with van der Waals surface area (Å²) in [5, 5.41) is 7.14. The topological polar surface area (TPSA) is 83.7 Å². The van der Waals surface area contributed by atoms with Gasteiger partial charge in [0.25, 0.3) is 5.89 Å². The molecule has 1 aromatic carbocycles. The number of benzene rings is 1. The molecule has 1 aromatic heterocycles. The van der Waals surface area contributed by atoms with Crippen LogP contribution in [-0.4, -0.2) is 71.7 Å². The fourth-order valence-corrected chi connectivity index (χ4v) is 3.18. The molecule has 1 saturated heterocycles. The quantitative estimate of drug-likeness (QED) is 0.781. The summed E-state index contributed by atoms with van der Waals surface area (Å²) in [7, 11) is 1.64. The van der Waals surface area contributed by atoms with Crippen LogP contribution in [0.3, 0.4) is 0 Å². The first kappa shape index (κ1) is 17.9. The Morgan fingerprint density at radius 2 is 1.89 bits per heavy atom. The van der Waals surface area contributed by atoms with Crippen molar-refractivity contribution in [2.45, 2.75) is 25.4 Å². The Bertz CT molecular complexity index is 764. The minimum atomic E-state index is 0.147. The molecule has 8 nitrogen and oxygen atoms in total. The molecule has 27 heavy (non-hydrogen) atoms. The lowest BCUT2D eigenvalue weighted by Crippen LogP contribution is -2.49. The molecule has 144 valence electrons. The van der Waals surface area contributed by atoms with Crippen LogP contribution in [-0.2, 0) is 11.3 Å². The van der Waals surface area contributed by atoms with Crippen LogP contribution in [0.5, 0.6) is 5.75 Å². The molecule has 8 heteroatoms. The third-order valence-electron chi connectivity index (χ3n) is 4.94. The van der Waals surface area contributed by atoms with E-state index in [1.807, 2.05) is 24.3 Å². The van der Waals surface area contributed by atoms with Crippen LogP contribution in [0.2, 0.25) is 0 Å². The van der Waals surface area contributed by atoms with Gasteiger partial charge < -0.3 is 14.6 Å². The summed E-state index contributed by atoms with van der Waals surface area (Å²) in [6.07, 6.45) is 2.26. The number of aromatic nitrogens is 2. The predicted molar refractivity (Wildman–Crippen MR) is 99.2 cm³/mol. The molecule has 0 atom stereocenters. The van der Waals surface area contributed by atoms with Crippen LogP contribution >= 0.6 is 0 Å². The average Bonchev–Trinajstić information content (AvgIpc) is 3.38. The highest BCUT2D eigenvalue weighted by molar-refractivity contribution is 5.78. The van der Waals surface area contributed by atoms with E-state index in [1.54, 1.807) is 7.11 Å². The molecule has 2 aliphatic rings. The lowest BCUT2D eigenvalue weighted by molar-refractivity contribution is -0.122. The zero-order chi connectivity index (χ0) is 18.6. The summed E-state index contributed by atoms with van der Waals surface area (Å²) in [6.45, 7) is 4.69. The van der Waals surface area contributed by atoms with E-state index in [4.69, 9.17) is 9.26 Å². The van der Waals surface area contributed by atoms with Crippen LogP contribution in [0.25, 0.3) is 11.5 Å². The number of carbonyl (C=O) groups is 1. The van der Waals surface area contributed by atoms with Crippen LogP contribution in [0, 0.1) is 0 Å². The molecule has 0 spiro atoms. The Labute approximate surface area is 158 Å². The van der Waals surface area contributed by atoms with E-state index in [2.05, 4.69) is 25.3 Å². The van der Waals surface area contributed by atoms with Crippen molar-refractivity contribution in [3.05, 3.63) is 30.1 Å². The van der Waals surface area contributed by atoms with Gasteiger partial charge in [-0.2, -0.15) is 4.98 Å². The summed E-state index contributed by atoms with van der Waals surface area (Å²) in [4.78, 5) is 20.9. The monoisotopic (exact) mass is 371 g/mol. The molecule has 0 unspecified atom stereocenters. The molecule has 2 heterocycles. The Morgan fingerprint density at radius 1 is 1.19 bits per heavy atom. The van der Waals surface area contributed by atoms with Crippen LogP contribution < -0.4 is 10.1 Å². The second kappa shape index (κ2) is 8.06. The molecule has 0 bridgehead atoms. The second-order valence-electron chi connectivity index (χ2n) is 7.14. The van der Waals surface area contributed by atoms with E-state index < -0.39 is 0 Å². The summed E-state index contributed by atoms with van der Waals surface area (Å²) in [5.41, 5.74) is 0.876. The van der Waals surface area contributed by atoms with E-state index in [1.165, 1.54) is 0 Å². The van der Waals surface area contributed by atoms with Gasteiger partial charge in [0, 0.05) is 37.8 Å². The number of ether oxygens (including phenoxy) is 1. The fourth-order valence-electron chi connectivity index (χ4n) is 3.18. The number of piperazine rings is 1. The number of rotatable bonds is 7. The van der Waals surface area contributed by atoms with Gasteiger partial charge in [0.1, 0.15) is 5.75 Å². The molecule has 1 amide bonds. The van der Waals surface area contributed by atoms with E-state index in [0.29, 0.717) is 30.8 Å². The maximum atomic E-state index is 11.9. The SMILES string of the molecule is COc1ccc(-c2nc(CN3CCN(CC(=O)NC4CC4)CC3)no2)cc1. The molecule has 2 aromatic rings. The first-order chi connectivity index (χ1) is 13.2. The molecule has 0 radical (unpaired) electrons. The van der Waals surface area contributed by atoms with Gasteiger partial charge in [-0.05, 0) is 37.1 Å². The van der Waals surface area contributed by atoms with Gasteiger partial charge in [-0.25, -0.2) is 0 Å². The first-order valence-corrected chi connectivity index (χ1v) is 9.41. The maximum Gasteiger partial charge on any atom is 0.257 e. The lowest BCUT2D eigenvalue weighted by Gasteiger charge is -2.33. The molecular formula is C19H25N5O3. The van der Waals surface area contributed by atoms with Crippen molar-refractivity contribution in [1.29, 1.82) is 0 Å². The number of amides is 1. The van der Waals surface area contributed by atoms with Crippen LogP contribution in [0.1, 0.15) is 18.7 Å². The van der Waals surface area contributed by atoms with Crippen molar-refractivity contribution >= 4 is 5.91 Å². The van der Waals surface area contributed by atoms with E-state index in [9.17, 15) is 4.79 Å². The van der Waals surface area contributed by atoms with Crippen molar-refractivity contribution in [3.63, 3.8) is 0 Å². The van der Waals surface area contributed by atoms with Crippen molar-refractivity contribution < 1.29 is 14.1 Å². The highest BCUT2D eigenvalue weighted by atomic mass is 16.5. The van der Waals surface area contributed by atoms with Gasteiger partial charge in [-0.3, -0.25) is 14.6 Å². The fraction of sp³-hybridized carbons (Fsp3) is 0.526. The molecule has 4 rings (SSSR count). The van der Waals surface area contributed by atoms with Crippen molar-refractivity contribution in [3.8, 4) is 17.2 Å². The summed E-state index contributed by atoms with van der Waals surface area (Å²) < 4.78 is 10.6. The van der Waals surface area contributed by atoms with Gasteiger partial charge in [0.2, 0.25) is 5.91 Å². The van der Waals surface area contributed by atoms with Crippen LogP contribution in [0.4, 0.5) is 0 Å². The van der Waals surface area contributed by atoms with Crippen molar-refractivity contribution in [2.75, 3.05) is 39.8 Å². The highest BCUT2D eigenvalue weighted by Gasteiger charge is 2.25. The van der Waals surface area contributed by atoms with Gasteiger partial charge >= 0.3 is 0 Å². The van der Waals surface area contributed by atoms with Gasteiger partial charge in [0.05, 0.1) is 20.2 Å². The zero-order valence-corrected chi connectivity index (χ0v) is 15.6. The molecule has 1 N–H and O–H groups in total. The van der Waals surface area contributed by atoms with Crippen molar-refractivity contribution in [1.82, 2.24) is 25.3 Å². The Hall–Kier alpha value is -2.45. The normalized spacial score (nSPS) is 18.4. The Kier molecular flexibility index (Phi) is 5.35. The predicted octanol–water partition coefficient (Wildman–Crippen LogP) is 1.14. The van der Waals surface area contributed by atoms with Crippen molar-refractivity contribution in [2.24, 2.45) is 0 Å². The average molecular weight is 371 g/mol. The minimum absolute atomic E-state index is 0.147. The van der Waals surface area contributed by atoms with Crippen LogP contribution in [0.15, 0.2) is 28.8 Å². The Morgan fingerprint density at radius 3 is 2.56 bits per heavy atom. The second-order valence-corrected chi connectivity index (χ2v) is 7.14. The lowest BCUT2D eigenvalue weighted by atomic mass is 10.2. The first-order valence-electron chi connectivity index (χ1n) is 9.41. The number of methoxy groups -OCH3 is 1. The standard InChI is InChI=1S/C19H25N5O3/c1-26-16-6-2-14(3-7-16)19-21-17(22-27-19)12-23-8-10-24(11-9-23)13-18(25)20-15-4-5-15/h2-3,6-7,15H,4-5,8-13H2,1H3,(H,20,25). The summed E-state index contributed by atoms with van der Waals surface area (Å²) >= 11 is 0. The number of nitrogens with one attached hydrogen (secondary N) is 1. The Balaban J connectivity index is 1.25. The molecule has 2 fully saturated rings. The highest BCUT2D eigenvalue weighted by Crippen LogP contribution is 2.21. The number of hydrogen-bond acceptors (Lipinski definition) is 7. The van der Waals surface area contributed by atoms with E-state index in [-0.39, 0.29) is 5.91 Å². The number of hydrogen-bond donors (Lipinski definition) is 1. The largest absolute Gasteiger partial charge is 0.497 e. The minimum Gasteiger partial charge on any atom is -0.497 e. The van der Waals surface area contributed by atoms with E-state index >= 15 is 0 Å². The summed E-state index contributed by atoms with van der Waals surface area (Å²) in [5.74, 6) is 2.14. The molecule has 1 aliphatic carbocycles. The smallest absolute Gasteiger partial charge is 0.257 e. The number of carbonyl (C=O) groups excluding carboxylic acids is 1.